The maximum atomic E-state index is 12.1. The predicted molar refractivity (Wildman–Crippen MR) is 91.7 cm³/mol. The number of aryl methyl sites for hydroxylation is 2. The molecule has 3 nitrogen and oxygen atoms in total. The highest BCUT2D eigenvalue weighted by molar-refractivity contribution is 9.10. The van der Waals surface area contributed by atoms with Crippen LogP contribution in [0.15, 0.2) is 16.6 Å². The predicted octanol–water partition coefficient (Wildman–Crippen LogP) is 4.32. The van der Waals surface area contributed by atoms with Crippen molar-refractivity contribution < 1.29 is 4.79 Å². The second-order valence-corrected chi connectivity index (χ2v) is 6.90. The average Bonchev–Trinajstić information content (AvgIpc) is 2.66. The largest absolute Gasteiger partial charge is 0.375 e. The SMILES string of the molecule is Cc1cc(C)c(NCC(=O)NC2CCCCCC2)c(Br)c1. The summed E-state index contributed by atoms with van der Waals surface area (Å²) in [7, 11) is 0. The van der Waals surface area contributed by atoms with Gasteiger partial charge >= 0.3 is 0 Å². The summed E-state index contributed by atoms with van der Waals surface area (Å²) < 4.78 is 1.02. The maximum absolute atomic E-state index is 12.1. The van der Waals surface area contributed by atoms with Crippen molar-refractivity contribution in [3.63, 3.8) is 0 Å². The highest BCUT2D eigenvalue weighted by Crippen LogP contribution is 2.27. The molecule has 0 saturated heterocycles. The minimum absolute atomic E-state index is 0.0915. The Hall–Kier alpha value is -1.03. The van der Waals surface area contributed by atoms with Crippen molar-refractivity contribution in [1.29, 1.82) is 0 Å². The van der Waals surface area contributed by atoms with Gasteiger partial charge in [0, 0.05) is 10.5 Å². The molecule has 0 radical (unpaired) electrons. The number of rotatable bonds is 4. The van der Waals surface area contributed by atoms with Crippen LogP contribution >= 0.6 is 15.9 Å². The van der Waals surface area contributed by atoms with Crippen LogP contribution in [0.1, 0.15) is 49.7 Å². The molecule has 0 aliphatic heterocycles. The third kappa shape index (κ3) is 5.03. The third-order valence-electron chi connectivity index (χ3n) is 4.08. The van der Waals surface area contributed by atoms with E-state index in [1.165, 1.54) is 31.2 Å². The Kier molecular flexibility index (Phi) is 6.09. The molecule has 1 aromatic carbocycles. The summed E-state index contributed by atoms with van der Waals surface area (Å²) >= 11 is 3.56. The molecule has 1 saturated carbocycles. The number of hydrogen-bond acceptors (Lipinski definition) is 2. The molecular weight excluding hydrogens is 328 g/mol. The van der Waals surface area contributed by atoms with Crippen molar-refractivity contribution in [2.45, 2.75) is 58.4 Å². The molecule has 116 valence electrons. The summed E-state index contributed by atoms with van der Waals surface area (Å²) in [5, 5.41) is 6.42. The number of carbonyl (C=O) groups excluding carboxylic acids is 1. The van der Waals surface area contributed by atoms with Crippen LogP contribution in [0.4, 0.5) is 5.69 Å². The molecule has 1 amide bonds. The third-order valence-corrected chi connectivity index (χ3v) is 4.70. The van der Waals surface area contributed by atoms with Gasteiger partial charge in [-0.05, 0) is 59.8 Å². The van der Waals surface area contributed by atoms with Gasteiger partial charge in [-0.3, -0.25) is 4.79 Å². The fourth-order valence-electron chi connectivity index (χ4n) is 3.01. The van der Waals surface area contributed by atoms with Crippen LogP contribution in [0.3, 0.4) is 0 Å². The number of anilines is 1. The van der Waals surface area contributed by atoms with E-state index in [-0.39, 0.29) is 5.91 Å². The van der Waals surface area contributed by atoms with Crippen LogP contribution in [-0.4, -0.2) is 18.5 Å². The molecule has 1 aliphatic carbocycles. The number of amides is 1. The highest BCUT2D eigenvalue weighted by Gasteiger charge is 2.15. The van der Waals surface area contributed by atoms with Crippen molar-refractivity contribution in [1.82, 2.24) is 5.32 Å². The topological polar surface area (TPSA) is 41.1 Å². The van der Waals surface area contributed by atoms with E-state index >= 15 is 0 Å². The van der Waals surface area contributed by atoms with E-state index < -0.39 is 0 Å². The first kappa shape index (κ1) is 16.3. The van der Waals surface area contributed by atoms with Crippen LogP contribution in [0.25, 0.3) is 0 Å². The van der Waals surface area contributed by atoms with Crippen LogP contribution in [0, 0.1) is 13.8 Å². The molecular formula is C17H25BrN2O. The number of nitrogens with one attached hydrogen (secondary N) is 2. The van der Waals surface area contributed by atoms with Gasteiger partial charge in [-0.15, -0.1) is 0 Å². The summed E-state index contributed by atoms with van der Waals surface area (Å²) in [5.41, 5.74) is 3.38. The molecule has 0 bridgehead atoms. The maximum Gasteiger partial charge on any atom is 0.239 e. The summed E-state index contributed by atoms with van der Waals surface area (Å²) in [4.78, 5) is 12.1. The van der Waals surface area contributed by atoms with Crippen LogP contribution < -0.4 is 10.6 Å². The molecule has 0 unspecified atom stereocenters. The number of halogens is 1. The molecule has 0 heterocycles. The molecule has 21 heavy (non-hydrogen) atoms. The minimum atomic E-state index is 0.0915. The lowest BCUT2D eigenvalue weighted by atomic mass is 10.1. The van der Waals surface area contributed by atoms with Gasteiger partial charge in [0.25, 0.3) is 0 Å². The van der Waals surface area contributed by atoms with E-state index in [1.54, 1.807) is 0 Å². The van der Waals surface area contributed by atoms with Crippen LogP contribution in [-0.2, 0) is 4.79 Å². The zero-order chi connectivity index (χ0) is 15.2. The van der Waals surface area contributed by atoms with Crippen LogP contribution in [0.2, 0.25) is 0 Å². The molecule has 1 aromatic rings. The summed E-state index contributed by atoms with van der Waals surface area (Å²) in [6, 6.07) is 4.55. The summed E-state index contributed by atoms with van der Waals surface area (Å²) in [5.74, 6) is 0.0915. The quantitative estimate of drug-likeness (QED) is 0.792. The van der Waals surface area contributed by atoms with Crippen LogP contribution in [0.5, 0.6) is 0 Å². The fourth-order valence-corrected chi connectivity index (χ4v) is 3.82. The van der Waals surface area contributed by atoms with E-state index in [4.69, 9.17) is 0 Å². The van der Waals surface area contributed by atoms with Crippen molar-refractivity contribution in [3.8, 4) is 0 Å². The highest BCUT2D eigenvalue weighted by atomic mass is 79.9. The van der Waals surface area contributed by atoms with Gasteiger partial charge < -0.3 is 10.6 Å². The molecule has 2 N–H and O–H groups in total. The molecule has 1 fully saturated rings. The molecule has 2 rings (SSSR count). The lowest BCUT2D eigenvalue weighted by molar-refractivity contribution is -0.120. The minimum Gasteiger partial charge on any atom is -0.375 e. The normalized spacial score (nSPS) is 16.3. The molecule has 0 atom stereocenters. The van der Waals surface area contributed by atoms with E-state index in [0.717, 1.165) is 28.6 Å². The van der Waals surface area contributed by atoms with Crippen molar-refractivity contribution in [2.24, 2.45) is 0 Å². The van der Waals surface area contributed by atoms with E-state index in [2.05, 4.69) is 52.5 Å². The van der Waals surface area contributed by atoms with E-state index in [0.29, 0.717) is 12.6 Å². The molecule has 1 aliphatic rings. The molecule has 4 heteroatoms. The fraction of sp³-hybridized carbons (Fsp3) is 0.588. The zero-order valence-corrected chi connectivity index (χ0v) is 14.6. The Morgan fingerprint density at radius 3 is 2.48 bits per heavy atom. The standard InChI is InChI=1S/C17H25BrN2O/c1-12-9-13(2)17(15(18)10-12)19-11-16(21)20-14-7-5-3-4-6-8-14/h9-10,14,19H,3-8,11H2,1-2H3,(H,20,21). The second-order valence-electron chi connectivity index (χ2n) is 6.05. The first-order chi connectivity index (χ1) is 10.1. The molecule has 0 spiro atoms. The average molecular weight is 353 g/mol. The number of carbonyl (C=O) groups is 1. The van der Waals surface area contributed by atoms with Gasteiger partial charge in [0.15, 0.2) is 0 Å². The van der Waals surface area contributed by atoms with Gasteiger partial charge in [-0.25, -0.2) is 0 Å². The zero-order valence-electron chi connectivity index (χ0n) is 13.0. The Bertz CT molecular complexity index is 471. The van der Waals surface area contributed by atoms with Gasteiger partial charge in [0.1, 0.15) is 0 Å². The lowest BCUT2D eigenvalue weighted by Crippen LogP contribution is -2.38. The van der Waals surface area contributed by atoms with Gasteiger partial charge in [-0.2, -0.15) is 0 Å². The second kappa shape index (κ2) is 7.83. The Balaban J connectivity index is 1.86. The summed E-state index contributed by atoms with van der Waals surface area (Å²) in [6.45, 7) is 4.46. The van der Waals surface area contributed by atoms with E-state index in [9.17, 15) is 4.79 Å². The van der Waals surface area contributed by atoms with Gasteiger partial charge in [-0.1, -0.05) is 31.7 Å². The van der Waals surface area contributed by atoms with Crippen molar-refractivity contribution in [3.05, 3.63) is 27.7 Å². The Labute approximate surface area is 136 Å². The first-order valence-electron chi connectivity index (χ1n) is 7.86. The van der Waals surface area contributed by atoms with Gasteiger partial charge in [0.05, 0.1) is 12.2 Å². The smallest absolute Gasteiger partial charge is 0.239 e. The monoisotopic (exact) mass is 352 g/mol. The lowest BCUT2D eigenvalue weighted by Gasteiger charge is -2.17. The number of benzene rings is 1. The molecule has 0 aromatic heterocycles. The summed E-state index contributed by atoms with van der Waals surface area (Å²) in [6.07, 6.45) is 7.33. The van der Waals surface area contributed by atoms with Crippen molar-refractivity contribution >= 4 is 27.5 Å². The Morgan fingerprint density at radius 2 is 1.86 bits per heavy atom. The first-order valence-corrected chi connectivity index (χ1v) is 8.65. The van der Waals surface area contributed by atoms with Crippen molar-refractivity contribution in [2.75, 3.05) is 11.9 Å². The Morgan fingerprint density at radius 1 is 1.19 bits per heavy atom. The van der Waals surface area contributed by atoms with E-state index in [1.807, 2.05) is 0 Å². The number of hydrogen-bond donors (Lipinski definition) is 2. The van der Waals surface area contributed by atoms with Gasteiger partial charge in [0.2, 0.25) is 5.91 Å².